The number of fused-ring (bicyclic) bond motifs is 1. The molecule has 130 valence electrons. The molecule has 0 spiro atoms. The predicted molar refractivity (Wildman–Crippen MR) is 99.4 cm³/mol. The average Bonchev–Trinajstić information content (AvgIpc) is 3.16. The number of halogens is 2. The highest BCUT2D eigenvalue weighted by atomic mass is 35.5. The highest BCUT2D eigenvalue weighted by molar-refractivity contribution is 6.42. The number of ether oxygens (including phenoxy) is 1. The molecule has 1 saturated carbocycles. The van der Waals surface area contributed by atoms with Gasteiger partial charge in [-0.3, -0.25) is 0 Å². The normalized spacial score (nSPS) is 27.9. The second-order valence-corrected chi connectivity index (χ2v) is 7.76. The lowest BCUT2D eigenvalue weighted by Crippen LogP contribution is -2.32. The van der Waals surface area contributed by atoms with Crippen LogP contribution in [-0.4, -0.2) is 25.2 Å². The van der Waals surface area contributed by atoms with E-state index in [1.54, 1.807) is 12.1 Å². The summed E-state index contributed by atoms with van der Waals surface area (Å²) in [5.74, 6) is 0.182. The van der Waals surface area contributed by atoms with Crippen LogP contribution in [0.3, 0.4) is 0 Å². The molecule has 0 unspecified atom stereocenters. The molecule has 2 aromatic carbocycles. The maximum absolute atomic E-state index is 12.4. The zero-order chi connectivity index (χ0) is 17.4. The molecule has 0 radical (unpaired) electrons. The molecule has 1 heterocycles. The van der Waals surface area contributed by atoms with E-state index in [2.05, 4.69) is 11.4 Å². The summed E-state index contributed by atoms with van der Waals surface area (Å²) in [5, 5.41) is 4.62. The number of nitrogens with one attached hydrogen (secondary N) is 1. The van der Waals surface area contributed by atoms with Crippen molar-refractivity contribution >= 4 is 29.2 Å². The molecule has 1 N–H and O–H groups in total. The van der Waals surface area contributed by atoms with Gasteiger partial charge in [0, 0.05) is 12.0 Å². The maximum atomic E-state index is 12.4. The van der Waals surface area contributed by atoms with Gasteiger partial charge in [0.1, 0.15) is 6.10 Å². The van der Waals surface area contributed by atoms with Crippen LogP contribution in [0.2, 0.25) is 10.0 Å². The van der Waals surface area contributed by atoms with E-state index in [0.29, 0.717) is 21.5 Å². The van der Waals surface area contributed by atoms with Gasteiger partial charge in [0.2, 0.25) is 0 Å². The van der Waals surface area contributed by atoms with E-state index in [9.17, 15) is 4.79 Å². The second kappa shape index (κ2) is 6.64. The van der Waals surface area contributed by atoms with Crippen LogP contribution >= 0.6 is 23.2 Å². The summed E-state index contributed by atoms with van der Waals surface area (Å²) in [6, 6.07) is 15.0. The van der Waals surface area contributed by atoms with E-state index in [0.717, 1.165) is 25.9 Å². The average molecular weight is 376 g/mol. The van der Waals surface area contributed by atoms with Crippen molar-refractivity contribution in [3.05, 3.63) is 69.7 Å². The Balaban J connectivity index is 1.55. The van der Waals surface area contributed by atoms with E-state index in [1.165, 1.54) is 5.56 Å². The molecule has 0 bridgehead atoms. The van der Waals surface area contributed by atoms with E-state index in [-0.39, 0.29) is 17.5 Å². The lowest BCUT2D eigenvalue weighted by Gasteiger charge is -2.29. The fourth-order valence-electron chi connectivity index (χ4n) is 4.31. The Labute approximate surface area is 157 Å². The third kappa shape index (κ3) is 3.05. The minimum absolute atomic E-state index is 0.0458. The first-order valence-corrected chi connectivity index (χ1v) is 9.26. The molecule has 0 amide bonds. The smallest absolute Gasteiger partial charge is 0.338 e. The first kappa shape index (κ1) is 16.9. The van der Waals surface area contributed by atoms with Crippen molar-refractivity contribution in [1.82, 2.24) is 5.32 Å². The van der Waals surface area contributed by atoms with Crippen molar-refractivity contribution in [2.45, 2.75) is 24.4 Å². The SMILES string of the molecule is O=C(O[C@@H]1C[C@@H]2CNC[C@]2(c2ccc(Cl)c(Cl)c2)C1)c1ccccc1. The highest BCUT2D eigenvalue weighted by Crippen LogP contribution is 2.49. The number of hydrogen-bond acceptors (Lipinski definition) is 3. The van der Waals surface area contributed by atoms with E-state index >= 15 is 0 Å². The molecule has 1 aliphatic carbocycles. The van der Waals surface area contributed by atoms with Crippen molar-refractivity contribution in [2.24, 2.45) is 5.92 Å². The third-order valence-electron chi connectivity index (χ3n) is 5.53. The van der Waals surface area contributed by atoms with Crippen molar-refractivity contribution in [3.8, 4) is 0 Å². The number of rotatable bonds is 3. The van der Waals surface area contributed by atoms with Gasteiger partial charge in [0.25, 0.3) is 0 Å². The summed E-state index contributed by atoms with van der Waals surface area (Å²) in [6.45, 7) is 1.80. The predicted octanol–water partition coefficient (Wildman–Crippen LogP) is 4.47. The molecule has 2 fully saturated rings. The van der Waals surface area contributed by atoms with Crippen LogP contribution in [0, 0.1) is 5.92 Å². The Bertz CT molecular complexity index is 796. The lowest BCUT2D eigenvalue weighted by molar-refractivity contribution is 0.0297. The van der Waals surface area contributed by atoms with Gasteiger partial charge < -0.3 is 10.1 Å². The van der Waals surface area contributed by atoms with Crippen LogP contribution in [0.15, 0.2) is 48.5 Å². The molecule has 4 rings (SSSR count). The molecule has 25 heavy (non-hydrogen) atoms. The molecule has 1 aliphatic heterocycles. The third-order valence-corrected chi connectivity index (χ3v) is 6.27. The highest BCUT2D eigenvalue weighted by Gasteiger charge is 2.52. The van der Waals surface area contributed by atoms with Crippen LogP contribution in [0.4, 0.5) is 0 Å². The monoisotopic (exact) mass is 375 g/mol. The lowest BCUT2D eigenvalue weighted by atomic mass is 9.74. The number of benzene rings is 2. The van der Waals surface area contributed by atoms with Crippen molar-refractivity contribution in [1.29, 1.82) is 0 Å². The molecule has 1 saturated heterocycles. The molecular weight excluding hydrogens is 357 g/mol. The number of carbonyl (C=O) groups is 1. The molecule has 2 aliphatic rings. The topological polar surface area (TPSA) is 38.3 Å². The van der Waals surface area contributed by atoms with Crippen LogP contribution in [0.5, 0.6) is 0 Å². The van der Waals surface area contributed by atoms with Gasteiger partial charge in [-0.2, -0.15) is 0 Å². The fraction of sp³-hybridized carbons (Fsp3) is 0.350. The Kier molecular flexibility index (Phi) is 4.48. The Morgan fingerprint density at radius 1 is 1.12 bits per heavy atom. The molecule has 5 heteroatoms. The first-order valence-electron chi connectivity index (χ1n) is 8.51. The molecule has 2 aromatic rings. The van der Waals surface area contributed by atoms with Gasteiger partial charge in [0.05, 0.1) is 15.6 Å². The van der Waals surface area contributed by atoms with Crippen molar-refractivity contribution < 1.29 is 9.53 Å². The molecule has 3 atom stereocenters. The van der Waals surface area contributed by atoms with E-state index < -0.39 is 0 Å². The minimum atomic E-state index is -0.247. The second-order valence-electron chi connectivity index (χ2n) is 6.95. The van der Waals surface area contributed by atoms with Crippen molar-refractivity contribution in [2.75, 3.05) is 13.1 Å². The van der Waals surface area contributed by atoms with Gasteiger partial charge in [-0.15, -0.1) is 0 Å². The van der Waals surface area contributed by atoms with Gasteiger partial charge in [-0.05, 0) is 55.1 Å². The van der Waals surface area contributed by atoms with E-state index in [1.807, 2.05) is 30.3 Å². The summed E-state index contributed by atoms with van der Waals surface area (Å²) in [6.07, 6.45) is 1.60. The quantitative estimate of drug-likeness (QED) is 0.804. The number of carbonyl (C=O) groups excluding carboxylic acids is 1. The number of esters is 1. The van der Waals surface area contributed by atoms with Crippen LogP contribution in [0.1, 0.15) is 28.8 Å². The van der Waals surface area contributed by atoms with Crippen molar-refractivity contribution in [3.63, 3.8) is 0 Å². The molecule has 3 nitrogen and oxygen atoms in total. The summed E-state index contributed by atoms with van der Waals surface area (Å²) in [5.41, 5.74) is 1.73. The van der Waals surface area contributed by atoms with Crippen LogP contribution < -0.4 is 5.32 Å². The Morgan fingerprint density at radius 2 is 1.92 bits per heavy atom. The van der Waals surface area contributed by atoms with Gasteiger partial charge in [-0.25, -0.2) is 4.79 Å². The van der Waals surface area contributed by atoms with E-state index in [4.69, 9.17) is 27.9 Å². The van der Waals surface area contributed by atoms with Crippen LogP contribution in [-0.2, 0) is 10.2 Å². The zero-order valence-corrected chi connectivity index (χ0v) is 15.2. The summed E-state index contributed by atoms with van der Waals surface area (Å²) in [4.78, 5) is 12.4. The summed E-state index contributed by atoms with van der Waals surface area (Å²) >= 11 is 12.3. The van der Waals surface area contributed by atoms with Gasteiger partial charge >= 0.3 is 5.97 Å². The molecule has 0 aromatic heterocycles. The molecular formula is C20H19Cl2NO2. The van der Waals surface area contributed by atoms with Gasteiger partial charge in [-0.1, -0.05) is 47.5 Å². The minimum Gasteiger partial charge on any atom is -0.459 e. The van der Waals surface area contributed by atoms with Crippen LogP contribution in [0.25, 0.3) is 0 Å². The standard InChI is InChI=1S/C20H19Cl2NO2/c21-17-7-6-14(9-18(17)22)20-10-16(8-15(20)11-23-12-20)25-19(24)13-4-2-1-3-5-13/h1-7,9,15-16,23H,8,10-12H2/t15-,16-,20+/m1/s1. The zero-order valence-electron chi connectivity index (χ0n) is 13.7. The maximum Gasteiger partial charge on any atom is 0.338 e. The van der Waals surface area contributed by atoms with Gasteiger partial charge in [0.15, 0.2) is 0 Å². The Morgan fingerprint density at radius 3 is 2.68 bits per heavy atom. The Hall–Kier alpha value is -1.55. The summed E-state index contributed by atoms with van der Waals surface area (Å²) < 4.78 is 5.81. The fourth-order valence-corrected chi connectivity index (χ4v) is 4.61. The largest absolute Gasteiger partial charge is 0.459 e. The first-order chi connectivity index (χ1) is 12.1. The summed E-state index contributed by atoms with van der Waals surface area (Å²) in [7, 11) is 0. The number of hydrogen-bond donors (Lipinski definition) is 1.